The number of aromatic nitrogens is 2. The van der Waals surface area contributed by atoms with Crippen molar-refractivity contribution in [3.63, 3.8) is 0 Å². The minimum Gasteiger partial charge on any atom is -0.382 e. The van der Waals surface area contributed by atoms with Crippen LogP contribution in [0.4, 0.5) is 5.82 Å². The summed E-state index contributed by atoms with van der Waals surface area (Å²) in [6.07, 6.45) is 0. The van der Waals surface area contributed by atoms with E-state index in [1.807, 2.05) is 0 Å². The van der Waals surface area contributed by atoms with E-state index in [1.54, 1.807) is 0 Å². The zero-order valence-corrected chi connectivity index (χ0v) is 11.0. The van der Waals surface area contributed by atoms with Gasteiger partial charge in [0.05, 0.1) is 0 Å². The SMILES string of the molecule is [2H]Nc1nc(SCCN)nc(SCCN)c1Cl. The smallest absolute Gasteiger partial charge is 0.190 e. The summed E-state index contributed by atoms with van der Waals surface area (Å²) in [5, 5.41) is 1.56. The van der Waals surface area contributed by atoms with Crippen LogP contribution in [0.1, 0.15) is 0 Å². The first kappa shape index (κ1) is 12.3. The van der Waals surface area contributed by atoms with Gasteiger partial charge in [0.15, 0.2) is 6.57 Å². The normalized spacial score (nSPS) is 11.3. The molecule has 0 radical (unpaired) electrons. The number of rotatable bonds is 7. The Morgan fingerprint density at radius 3 is 2.50 bits per heavy atom. The van der Waals surface area contributed by atoms with Gasteiger partial charge in [-0.15, -0.1) is 11.8 Å². The van der Waals surface area contributed by atoms with Crippen molar-refractivity contribution in [2.75, 3.05) is 30.3 Å². The lowest BCUT2D eigenvalue weighted by molar-refractivity contribution is 0.898. The molecule has 1 heterocycles. The molecule has 5 nitrogen and oxygen atoms in total. The molecule has 1 aromatic heterocycles. The lowest BCUT2D eigenvalue weighted by Crippen LogP contribution is -2.05. The summed E-state index contributed by atoms with van der Waals surface area (Å²) in [6.45, 7) is 1.09. The first-order valence-electron chi connectivity index (χ1n) is 5.14. The Balaban J connectivity index is 2.92. The van der Waals surface area contributed by atoms with Crippen LogP contribution in [-0.4, -0.2) is 34.6 Å². The molecule has 0 unspecified atom stereocenters. The van der Waals surface area contributed by atoms with Crippen molar-refractivity contribution in [1.82, 2.24) is 9.97 Å². The summed E-state index contributed by atoms with van der Waals surface area (Å²) in [5.74, 6) is 1.75. The highest BCUT2D eigenvalue weighted by Crippen LogP contribution is 2.30. The molecule has 0 saturated carbocycles. The van der Waals surface area contributed by atoms with Gasteiger partial charge in [-0.3, -0.25) is 0 Å². The Labute approximate surface area is 109 Å². The molecule has 0 atom stereocenters. The average Bonchev–Trinajstić information content (AvgIpc) is 2.35. The summed E-state index contributed by atoms with van der Waals surface area (Å²) in [6, 6.07) is 0. The minimum atomic E-state index is 0.306. The topological polar surface area (TPSA) is 104 Å². The van der Waals surface area contributed by atoms with Crippen LogP contribution in [0.3, 0.4) is 0 Å². The Bertz CT molecular complexity index is 368. The average molecular weight is 281 g/mol. The van der Waals surface area contributed by atoms with Gasteiger partial charge in [0.25, 0.3) is 0 Å². The molecule has 0 spiro atoms. The van der Waals surface area contributed by atoms with Crippen LogP contribution in [0.25, 0.3) is 0 Å². The van der Waals surface area contributed by atoms with Crippen LogP contribution in [0.2, 0.25) is 6.43 Å². The molecule has 1 rings (SSSR count). The molecule has 0 fully saturated rings. The second kappa shape index (κ2) is 7.18. The number of anilines is 1. The second-order valence-corrected chi connectivity index (χ2v) is 5.27. The van der Waals surface area contributed by atoms with Gasteiger partial charge in [-0.2, -0.15) is 0 Å². The minimum absolute atomic E-state index is 0.306. The van der Waals surface area contributed by atoms with Gasteiger partial charge in [-0.1, -0.05) is 23.4 Å². The number of hydrogen-bond donors (Lipinski definition) is 3. The third kappa shape index (κ3) is 3.99. The zero-order chi connectivity index (χ0) is 12.7. The van der Waals surface area contributed by atoms with Crippen LogP contribution < -0.4 is 17.2 Å². The lowest BCUT2D eigenvalue weighted by Gasteiger charge is -2.07. The second-order valence-electron chi connectivity index (χ2n) is 2.75. The van der Waals surface area contributed by atoms with Crippen LogP contribution in [0.15, 0.2) is 10.2 Å². The van der Waals surface area contributed by atoms with Crippen molar-refractivity contribution >= 4 is 40.9 Å². The highest BCUT2D eigenvalue weighted by molar-refractivity contribution is 7.99. The molecule has 1 aromatic rings. The highest BCUT2D eigenvalue weighted by Gasteiger charge is 2.10. The van der Waals surface area contributed by atoms with Crippen molar-refractivity contribution < 1.29 is 1.41 Å². The molecule has 0 saturated heterocycles. The van der Waals surface area contributed by atoms with Gasteiger partial charge in [0.2, 0.25) is 0 Å². The van der Waals surface area contributed by atoms with E-state index in [2.05, 4.69) is 15.7 Å². The van der Waals surface area contributed by atoms with Crippen molar-refractivity contribution in [1.29, 1.82) is 0 Å². The van der Waals surface area contributed by atoms with E-state index in [-0.39, 0.29) is 0 Å². The van der Waals surface area contributed by atoms with E-state index < -0.39 is 0 Å². The molecule has 0 aliphatic heterocycles. The molecule has 0 amide bonds. The predicted molar refractivity (Wildman–Crippen MR) is 71.0 cm³/mol. The molecule has 0 aromatic carbocycles. The van der Waals surface area contributed by atoms with E-state index in [9.17, 15) is 0 Å². The van der Waals surface area contributed by atoms with Crippen molar-refractivity contribution in [3.05, 3.63) is 5.02 Å². The third-order valence-electron chi connectivity index (χ3n) is 1.51. The largest absolute Gasteiger partial charge is 0.382 e. The van der Waals surface area contributed by atoms with Crippen molar-refractivity contribution in [3.8, 4) is 0 Å². The van der Waals surface area contributed by atoms with Crippen LogP contribution in [-0.2, 0) is 0 Å². The monoisotopic (exact) mass is 280 g/mol. The van der Waals surface area contributed by atoms with E-state index in [0.717, 1.165) is 11.5 Å². The Morgan fingerprint density at radius 2 is 1.88 bits per heavy atom. The summed E-state index contributed by atoms with van der Waals surface area (Å²) in [5.41, 5.74) is 13.1. The fourth-order valence-electron chi connectivity index (χ4n) is 0.873. The Kier molecular flexibility index (Phi) is 5.50. The summed E-state index contributed by atoms with van der Waals surface area (Å²) in [7, 11) is 0. The van der Waals surface area contributed by atoms with Gasteiger partial charge in [0, 0.05) is 24.6 Å². The van der Waals surface area contributed by atoms with E-state index in [1.165, 1.54) is 23.5 Å². The van der Waals surface area contributed by atoms with Gasteiger partial charge in [0.1, 0.15) is 15.9 Å². The highest BCUT2D eigenvalue weighted by atomic mass is 35.5. The number of nitrogen functional groups attached to an aromatic ring is 1. The Hall–Kier alpha value is -0.210. The Morgan fingerprint density at radius 1 is 1.19 bits per heavy atom. The van der Waals surface area contributed by atoms with Crippen molar-refractivity contribution in [2.24, 2.45) is 11.5 Å². The van der Waals surface area contributed by atoms with Gasteiger partial charge < -0.3 is 17.2 Å². The maximum Gasteiger partial charge on any atom is 0.190 e. The summed E-state index contributed by atoms with van der Waals surface area (Å²) >= 11 is 8.93. The van der Waals surface area contributed by atoms with Crippen LogP contribution >= 0.6 is 35.1 Å². The number of halogens is 1. The lowest BCUT2D eigenvalue weighted by atomic mass is 10.6. The number of hydrogen-bond acceptors (Lipinski definition) is 7. The first-order chi connectivity index (χ1) is 8.22. The first-order valence-corrected chi connectivity index (χ1v) is 6.98. The molecular formula is C8H14ClN5S2. The number of nitrogens with zero attached hydrogens (tertiary/aromatic N) is 2. The van der Waals surface area contributed by atoms with Crippen molar-refractivity contribution in [2.45, 2.75) is 10.2 Å². The van der Waals surface area contributed by atoms with E-state index >= 15 is 0 Å². The maximum absolute atomic E-state index is 7.14. The third-order valence-corrected chi connectivity index (χ3v) is 3.87. The molecule has 6 N–H and O–H groups in total. The van der Waals surface area contributed by atoms with Gasteiger partial charge in [-0.05, 0) is 0 Å². The fraction of sp³-hybridized carbons (Fsp3) is 0.500. The molecular weight excluding hydrogens is 266 g/mol. The number of thioether (sulfide) groups is 2. The maximum atomic E-state index is 7.14. The molecule has 16 heavy (non-hydrogen) atoms. The molecule has 8 heteroatoms. The summed E-state index contributed by atoms with van der Waals surface area (Å²) in [4.78, 5) is 8.42. The zero-order valence-electron chi connectivity index (χ0n) is 9.57. The fourth-order valence-corrected chi connectivity index (χ4v) is 2.48. The molecule has 0 bridgehead atoms. The van der Waals surface area contributed by atoms with E-state index in [0.29, 0.717) is 34.1 Å². The van der Waals surface area contributed by atoms with Crippen LogP contribution in [0.5, 0.6) is 0 Å². The number of nitrogens with two attached hydrogens (primary N) is 3. The van der Waals surface area contributed by atoms with Gasteiger partial charge >= 0.3 is 0 Å². The van der Waals surface area contributed by atoms with Crippen LogP contribution in [0, 0.1) is 0 Å². The molecule has 90 valence electrons. The summed E-state index contributed by atoms with van der Waals surface area (Å²) < 4.78 is 7.14. The molecule has 0 aliphatic carbocycles. The quantitative estimate of drug-likeness (QED) is 0.386. The molecule has 0 aliphatic rings. The van der Waals surface area contributed by atoms with E-state index in [4.69, 9.17) is 24.5 Å². The predicted octanol–water partition coefficient (Wildman–Crippen LogP) is 0.814. The van der Waals surface area contributed by atoms with Gasteiger partial charge in [-0.25, -0.2) is 9.97 Å². The standard InChI is InChI=1S/C8H14ClN5S2/c9-5-6(12)13-8(16-4-2-11)14-7(5)15-3-1-10/h1-4,10-11H2,(H2,12,13,14)/i/hD.